The third-order valence-electron chi connectivity index (χ3n) is 2.10. The highest BCUT2D eigenvalue weighted by molar-refractivity contribution is 7.92. The quantitative estimate of drug-likeness (QED) is 0.828. The fraction of sp³-hybridized carbons (Fsp3) is 0.333. The number of nitrogens with two attached hydrogens (primary N) is 1. The lowest BCUT2D eigenvalue weighted by molar-refractivity contribution is -0.0435. The van der Waals surface area contributed by atoms with E-state index in [1.807, 2.05) is 0 Å². The number of hydrogen-bond donors (Lipinski definition) is 1. The van der Waals surface area contributed by atoms with Crippen LogP contribution in [0.3, 0.4) is 0 Å². The van der Waals surface area contributed by atoms with Crippen LogP contribution in [0.4, 0.5) is 24.5 Å². The second kappa shape index (κ2) is 4.10. The topological polar surface area (TPSA) is 63.4 Å². The van der Waals surface area contributed by atoms with E-state index < -0.39 is 20.2 Å². The van der Waals surface area contributed by atoms with Gasteiger partial charge in [0.25, 0.3) is 9.84 Å². The first-order valence-corrected chi connectivity index (χ1v) is 5.94. The van der Waals surface area contributed by atoms with Crippen molar-refractivity contribution in [3.8, 4) is 0 Å². The summed E-state index contributed by atoms with van der Waals surface area (Å²) < 4.78 is 59.3. The lowest BCUT2D eigenvalue weighted by atomic mass is 10.2. The molecule has 1 rings (SSSR count). The molecule has 0 amide bonds. The van der Waals surface area contributed by atoms with Crippen LogP contribution in [0.15, 0.2) is 23.1 Å². The van der Waals surface area contributed by atoms with Gasteiger partial charge in [-0.05, 0) is 18.2 Å². The molecule has 1 aromatic rings. The van der Waals surface area contributed by atoms with E-state index in [0.29, 0.717) is 0 Å². The largest absolute Gasteiger partial charge is 0.501 e. The predicted molar refractivity (Wildman–Crippen MR) is 58.4 cm³/mol. The van der Waals surface area contributed by atoms with E-state index in [9.17, 15) is 21.6 Å². The minimum Gasteiger partial charge on any atom is -0.397 e. The molecule has 0 unspecified atom stereocenters. The summed E-state index contributed by atoms with van der Waals surface area (Å²) >= 11 is 0. The third kappa shape index (κ3) is 2.46. The fourth-order valence-corrected chi connectivity index (χ4v) is 1.99. The number of nitrogen functional groups attached to an aromatic ring is 1. The van der Waals surface area contributed by atoms with Gasteiger partial charge in [-0.1, -0.05) is 0 Å². The first-order chi connectivity index (χ1) is 7.57. The Bertz CT molecular complexity index is 524. The van der Waals surface area contributed by atoms with Gasteiger partial charge in [-0.2, -0.15) is 13.2 Å². The first-order valence-electron chi connectivity index (χ1n) is 4.45. The second-order valence-corrected chi connectivity index (χ2v) is 5.51. The van der Waals surface area contributed by atoms with E-state index in [2.05, 4.69) is 0 Å². The number of benzene rings is 1. The number of nitrogens with zero attached hydrogens (tertiary/aromatic N) is 1. The molecule has 8 heteroatoms. The average molecular weight is 268 g/mol. The van der Waals surface area contributed by atoms with Gasteiger partial charge in [0.15, 0.2) is 0 Å². The summed E-state index contributed by atoms with van der Waals surface area (Å²) in [6.07, 6.45) is 0. The number of halogens is 3. The zero-order valence-electron chi connectivity index (χ0n) is 9.12. The molecule has 0 aromatic heterocycles. The number of alkyl halides is 3. The molecule has 0 saturated heterocycles. The van der Waals surface area contributed by atoms with E-state index in [1.165, 1.54) is 4.90 Å². The molecule has 0 saturated carbocycles. The molecule has 4 nitrogen and oxygen atoms in total. The summed E-state index contributed by atoms with van der Waals surface area (Å²) in [4.78, 5) is 0.618. The molecule has 0 aliphatic heterocycles. The van der Waals surface area contributed by atoms with Gasteiger partial charge < -0.3 is 10.6 Å². The molecule has 0 aliphatic rings. The molecule has 0 spiro atoms. The van der Waals surface area contributed by atoms with E-state index >= 15 is 0 Å². The van der Waals surface area contributed by atoms with Crippen LogP contribution in [-0.4, -0.2) is 28.0 Å². The highest BCUT2D eigenvalue weighted by atomic mass is 32.2. The van der Waals surface area contributed by atoms with E-state index in [-0.39, 0.29) is 11.4 Å². The summed E-state index contributed by atoms with van der Waals surface area (Å²) in [5.41, 5.74) is 0.635. The number of hydrogen-bond acceptors (Lipinski definition) is 4. The Morgan fingerprint density at radius 3 is 2.18 bits per heavy atom. The maximum Gasteiger partial charge on any atom is 0.501 e. The van der Waals surface area contributed by atoms with Gasteiger partial charge in [-0.3, -0.25) is 0 Å². The molecule has 2 N–H and O–H groups in total. The van der Waals surface area contributed by atoms with Gasteiger partial charge in [0.05, 0.1) is 16.3 Å². The van der Waals surface area contributed by atoms with Gasteiger partial charge >= 0.3 is 5.51 Å². The number of rotatable bonds is 2. The van der Waals surface area contributed by atoms with Crippen LogP contribution in [0.2, 0.25) is 0 Å². The number of sulfone groups is 1. The standard InChI is InChI=1S/C9H11F3N2O2S/c1-14(2)8-5-6(3-4-7(8)13)17(15,16)9(10,11)12/h3-5H,13H2,1-2H3. The van der Waals surface area contributed by atoms with Crippen LogP contribution in [0.5, 0.6) is 0 Å². The average Bonchev–Trinajstić information content (AvgIpc) is 2.15. The summed E-state index contributed by atoms with van der Waals surface area (Å²) in [6, 6.07) is 2.87. The Morgan fingerprint density at radius 1 is 1.24 bits per heavy atom. The molecular formula is C9H11F3N2O2S. The minimum atomic E-state index is -5.33. The van der Waals surface area contributed by atoms with Crippen LogP contribution >= 0.6 is 0 Å². The van der Waals surface area contributed by atoms with Crippen molar-refractivity contribution in [2.45, 2.75) is 10.4 Å². The lowest BCUT2D eigenvalue weighted by Gasteiger charge is -2.17. The van der Waals surface area contributed by atoms with Gasteiger partial charge in [0, 0.05) is 14.1 Å². The molecule has 0 bridgehead atoms. The van der Waals surface area contributed by atoms with Gasteiger partial charge in [-0.25, -0.2) is 8.42 Å². The van der Waals surface area contributed by atoms with Gasteiger partial charge in [0.1, 0.15) is 0 Å². The van der Waals surface area contributed by atoms with Crippen LogP contribution < -0.4 is 10.6 Å². The Morgan fingerprint density at radius 2 is 1.76 bits per heavy atom. The molecule has 1 aromatic carbocycles. The van der Waals surface area contributed by atoms with E-state index in [1.54, 1.807) is 14.1 Å². The van der Waals surface area contributed by atoms with Crippen molar-refractivity contribution in [2.24, 2.45) is 0 Å². The fourth-order valence-electron chi connectivity index (χ4n) is 1.21. The zero-order chi connectivity index (χ0) is 13.4. The van der Waals surface area contributed by atoms with Crippen molar-refractivity contribution >= 4 is 21.2 Å². The van der Waals surface area contributed by atoms with Gasteiger partial charge in [-0.15, -0.1) is 0 Å². The monoisotopic (exact) mass is 268 g/mol. The predicted octanol–water partition coefficient (Wildman–Crippen LogP) is 1.63. The van der Waals surface area contributed by atoms with E-state index in [0.717, 1.165) is 18.2 Å². The molecule has 0 atom stereocenters. The minimum absolute atomic E-state index is 0.205. The van der Waals surface area contributed by atoms with Crippen LogP contribution in [0.25, 0.3) is 0 Å². The molecular weight excluding hydrogens is 257 g/mol. The van der Waals surface area contributed by atoms with Crippen LogP contribution in [-0.2, 0) is 9.84 Å². The Kier molecular flexibility index (Phi) is 3.28. The van der Waals surface area contributed by atoms with Crippen LogP contribution in [0.1, 0.15) is 0 Å². The van der Waals surface area contributed by atoms with Crippen molar-refractivity contribution in [3.05, 3.63) is 18.2 Å². The molecule has 0 heterocycles. The Balaban J connectivity index is 3.41. The van der Waals surface area contributed by atoms with E-state index in [4.69, 9.17) is 5.73 Å². The van der Waals surface area contributed by atoms with Gasteiger partial charge in [0.2, 0.25) is 0 Å². The SMILES string of the molecule is CN(C)c1cc(S(=O)(=O)C(F)(F)F)ccc1N. The number of anilines is 2. The smallest absolute Gasteiger partial charge is 0.397 e. The first kappa shape index (κ1) is 13.6. The van der Waals surface area contributed by atoms with Crippen molar-refractivity contribution in [1.82, 2.24) is 0 Å². The summed E-state index contributed by atoms with van der Waals surface area (Å²) in [5, 5.41) is 0. The normalized spacial score (nSPS) is 12.5. The highest BCUT2D eigenvalue weighted by Crippen LogP contribution is 2.33. The van der Waals surface area contributed by atoms with Crippen molar-refractivity contribution in [2.75, 3.05) is 24.7 Å². The molecule has 0 aliphatic carbocycles. The highest BCUT2D eigenvalue weighted by Gasteiger charge is 2.47. The molecule has 96 valence electrons. The van der Waals surface area contributed by atoms with Crippen molar-refractivity contribution < 1.29 is 21.6 Å². The molecule has 17 heavy (non-hydrogen) atoms. The summed E-state index contributed by atoms with van der Waals surface area (Å²) in [5.74, 6) is 0. The Hall–Kier alpha value is -1.44. The summed E-state index contributed by atoms with van der Waals surface area (Å²) in [6.45, 7) is 0. The Labute approximate surface area is 96.7 Å². The maximum absolute atomic E-state index is 12.3. The lowest BCUT2D eigenvalue weighted by Crippen LogP contribution is -2.23. The third-order valence-corrected chi connectivity index (χ3v) is 3.58. The van der Waals surface area contributed by atoms with Crippen LogP contribution in [0, 0.1) is 0 Å². The summed E-state index contributed by atoms with van der Waals surface area (Å²) in [7, 11) is -2.23. The molecule has 0 radical (unpaired) electrons. The molecule has 0 fully saturated rings. The van der Waals surface area contributed by atoms with Crippen molar-refractivity contribution in [1.29, 1.82) is 0 Å². The second-order valence-electron chi connectivity index (χ2n) is 3.56. The zero-order valence-corrected chi connectivity index (χ0v) is 9.93. The maximum atomic E-state index is 12.3. The van der Waals surface area contributed by atoms with Crippen molar-refractivity contribution in [3.63, 3.8) is 0 Å².